The molecule has 6 heteroatoms. The molecule has 5 aliphatic rings. The number of hydrogen-bond donors (Lipinski definition) is 1. The van der Waals surface area contributed by atoms with Crippen molar-refractivity contribution in [1.29, 1.82) is 0 Å². The highest BCUT2D eigenvalue weighted by molar-refractivity contribution is 6.28. The number of aryl methyl sites for hydroxylation is 2. The standard InChI is InChI=1S/C24H27ClN4O/c1-13-4-3-5-14(2)19(13)29-20(18-12-26-22(25)27-21(18)28-23(29)30)24-9-15-6-16(10-24)8-17(7-15)11-24/h3-5,12,15-17,20H,6-11H2,1-2H3,(H,26,27,28,30). The van der Waals surface area contributed by atoms with Gasteiger partial charge in [-0.15, -0.1) is 0 Å². The van der Waals surface area contributed by atoms with Gasteiger partial charge in [-0.3, -0.25) is 10.2 Å². The molecular formula is C24H27ClN4O. The largest absolute Gasteiger partial charge is 0.328 e. The van der Waals surface area contributed by atoms with E-state index in [1.807, 2.05) is 11.1 Å². The Labute approximate surface area is 182 Å². The summed E-state index contributed by atoms with van der Waals surface area (Å²) in [5.74, 6) is 2.96. The van der Waals surface area contributed by atoms with Crippen molar-refractivity contribution in [3.63, 3.8) is 0 Å². The minimum atomic E-state index is -0.101. The fourth-order valence-corrected chi connectivity index (χ4v) is 7.75. The van der Waals surface area contributed by atoms with Gasteiger partial charge in [-0.05, 0) is 98.3 Å². The van der Waals surface area contributed by atoms with Crippen LogP contribution in [0, 0.1) is 37.0 Å². The zero-order chi connectivity index (χ0) is 20.6. The number of hydrogen-bond acceptors (Lipinski definition) is 3. The molecule has 4 saturated carbocycles. The number of aromatic nitrogens is 2. The summed E-state index contributed by atoms with van der Waals surface area (Å²) in [5.41, 5.74) is 4.38. The molecule has 1 aromatic carbocycles. The summed E-state index contributed by atoms with van der Waals surface area (Å²) in [4.78, 5) is 24.4. The first-order valence-corrected chi connectivity index (χ1v) is 11.5. The number of amides is 2. The summed E-state index contributed by atoms with van der Waals surface area (Å²) < 4.78 is 0. The molecule has 0 saturated heterocycles. The van der Waals surface area contributed by atoms with Crippen LogP contribution in [0.25, 0.3) is 0 Å². The van der Waals surface area contributed by atoms with E-state index < -0.39 is 0 Å². The van der Waals surface area contributed by atoms with Crippen LogP contribution < -0.4 is 10.2 Å². The monoisotopic (exact) mass is 422 g/mol. The van der Waals surface area contributed by atoms with Gasteiger partial charge in [-0.1, -0.05) is 18.2 Å². The molecule has 1 unspecified atom stereocenters. The summed E-state index contributed by atoms with van der Waals surface area (Å²) in [5, 5.41) is 3.20. The van der Waals surface area contributed by atoms with Crippen molar-refractivity contribution in [3.05, 3.63) is 46.4 Å². The van der Waals surface area contributed by atoms with Crippen LogP contribution in [0.15, 0.2) is 24.4 Å². The second-order valence-electron chi connectivity index (χ2n) is 10.2. The first-order valence-electron chi connectivity index (χ1n) is 11.1. The van der Waals surface area contributed by atoms with E-state index in [0.717, 1.165) is 40.1 Å². The van der Waals surface area contributed by atoms with E-state index in [2.05, 4.69) is 47.3 Å². The summed E-state index contributed by atoms with van der Waals surface area (Å²) in [6.45, 7) is 4.19. The van der Waals surface area contributed by atoms with E-state index in [0.29, 0.717) is 5.82 Å². The Kier molecular flexibility index (Phi) is 3.99. The molecule has 4 aliphatic carbocycles. The number of anilines is 2. The van der Waals surface area contributed by atoms with Gasteiger partial charge < -0.3 is 0 Å². The Balaban J connectivity index is 1.57. The number of carbonyl (C=O) groups is 1. The summed E-state index contributed by atoms with van der Waals surface area (Å²) >= 11 is 6.11. The lowest BCUT2D eigenvalue weighted by atomic mass is 9.47. The Bertz CT molecular complexity index is 996. The molecule has 156 valence electrons. The minimum absolute atomic E-state index is 0.0493. The average Bonchev–Trinajstić information content (AvgIpc) is 2.66. The number of carbonyl (C=O) groups excluding carboxylic acids is 1. The number of nitrogens with one attached hydrogen (secondary N) is 1. The molecule has 7 rings (SSSR count). The molecular weight excluding hydrogens is 396 g/mol. The third-order valence-corrected chi connectivity index (χ3v) is 8.31. The molecule has 30 heavy (non-hydrogen) atoms. The number of rotatable bonds is 2. The molecule has 0 spiro atoms. The van der Waals surface area contributed by atoms with Gasteiger partial charge in [0.2, 0.25) is 5.28 Å². The van der Waals surface area contributed by atoms with Crippen molar-refractivity contribution in [2.45, 2.75) is 58.4 Å². The lowest BCUT2D eigenvalue weighted by molar-refractivity contribution is -0.0679. The maximum Gasteiger partial charge on any atom is 0.328 e. The molecule has 4 fully saturated rings. The quantitative estimate of drug-likeness (QED) is 0.598. The van der Waals surface area contributed by atoms with Crippen molar-refractivity contribution < 1.29 is 4.79 Å². The van der Waals surface area contributed by atoms with Gasteiger partial charge in [-0.25, -0.2) is 9.78 Å². The van der Waals surface area contributed by atoms with Crippen LogP contribution in [0.4, 0.5) is 16.3 Å². The highest BCUT2D eigenvalue weighted by Gasteiger charge is 2.58. The predicted molar refractivity (Wildman–Crippen MR) is 118 cm³/mol. The van der Waals surface area contributed by atoms with Crippen LogP contribution >= 0.6 is 11.6 Å². The smallest absolute Gasteiger partial charge is 0.291 e. The normalized spacial score (nSPS) is 34.1. The SMILES string of the molecule is Cc1cccc(C)c1N1C(=O)Nc2nc(Cl)ncc2C1C12CC3CC(CC(C3)C1)C2. The molecule has 4 bridgehead atoms. The highest BCUT2D eigenvalue weighted by Crippen LogP contribution is 2.66. The Morgan fingerprint density at radius 1 is 1.07 bits per heavy atom. The van der Waals surface area contributed by atoms with Crippen molar-refractivity contribution in [1.82, 2.24) is 9.97 Å². The lowest BCUT2D eigenvalue weighted by Gasteiger charge is -2.61. The number of benzene rings is 1. The van der Waals surface area contributed by atoms with Crippen molar-refractivity contribution in [2.75, 3.05) is 10.2 Å². The number of para-hydroxylation sites is 1. The van der Waals surface area contributed by atoms with Crippen LogP contribution in [-0.2, 0) is 0 Å². The zero-order valence-electron chi connectivity index (χ0n) is 17.5. The van der Waals surface area contributed by atoms with Crippen LogP contribution in [0.2, 0.25) is 5.28 Å². The van der Waals surface area contributed by atoms with Gasteiger partial charge >= 0.3 is 6.03 Å². The first kappa shape index (κ1) is 18.6. The molecule has 2 heterocycles. The molecule has 1 atom stereocenters. The summed E-state index contributed by atoms with van der Waals surface area (Å²) in [7, 11) is 0. The van der Waals surface area contributed by atoms with Gasteiger partial charge in [0.05, 0.1) is 11.7 Å². The number of fused-ring (bicyclic) bond motifs is 1. The van der Waals surface area contributed by atoms with Gasteiger partial charge in [0.15, 0.2) is 0 Å². The van der Waals surface area contributed by atoms with Crippen molar-refractivity contribution >= 4 is 29.1 Å². The molecule has 2 aromatic rings. The van der Waals surface area contributed by atoms with Crippen molar-refractivity contribution in [3.8, 4) is 0 Å². The van der Waals surface area contributed by atoms with Gasteiger partial charge in [0, 0.05) is 11.8 Å². The third-order valence-electron chi connectivity index (χ3n) is 8.13. The number of nitrogens with zero attached hydrogens (tertiary/aromatic N) is 3. The Morgan fingerprint density at radius 2 is 1.67 bits per heavy atom. The summed E-state index contributed by atoms with van der Waals surface area (Å²) in [6.07, 6.45) is 9.54. The van der Waals surface area contributed by atoms with Crippen molar-refractivity contribution in [2.24, 2.45) is 23.2 Å². The Morgan fingerprint density at radius 3 is 2.27 bits per heavy atom. The van der Waals surface area contributed by atoms with E-state index in [1.54, 1.807) is 0 Å². The van der Waals surface area contributed by atoms with Crippen LogP contribution in [0.1, 0.15) is 61.3 Å². The minimum Gasteiger partial charge on any atom is -0.291 e. The van der Waals surface area contributed by atoms with Gasteiger partial charge in [0.1, 0.15) is 5.82 Å². The van der Waals surface area contributed by atoms with E-state index in [1.165, 1.54) is 38.5 Å². The van der Waals surface area contributed by atoms with E-state index in [-0.39, 0.29) is 22.8 Å². The average molecular weight is 423 g/mol. The summed E-state index contributed by atoms with van der Waals surface area (Å²) in [6, 6.07) is 6.11. The first-order chi connectivity index (χ1) is 14.4. The molecule has 0 radical (unpaired) electrons. The molecule has 2 amide bonds. The lowest BCUT2D eigenvalue weighted by Crippen LogP contribution is -2.56. The van der Waals surface area contributed by atoms with Gasteiger partial charge in [-0.2, -0.15) is 4.98 Å². The molecule has 1 aromatic heterocycles. The fraction of sp³-hybridized carbons (Fsp3) is 0.542. The highest BCUT2D eigenvalue weighted by atomic mass is 35.5. The zero-order valence-corrected chi connectivity index (χ0v) is 18.2. The fourth-order valence-electron chi connectivity index (χ4n) is 7.62. The second-order valence-corrected chi connectivity index (χ2v) is 10.5. The Hall–Kier alpha value is -2.14. The van der Waals surface area contributed by atoms with Crippen LogP contribution in [0.5, 0.6) is 0 Å². The predicted octanol–water partition coefficient (Wildman–Crippen LogP) is 6.06. The van der Waals surface area contributed by atoms with Crippen LogP contribution in [-0.4, -0.2) is 16.0 Å². The van der Waals surface area contributed by atoms with Gasteiger partial charge in [0.25, 0.3) is 0 Å². The maximum absolute atomic E-state index is 13.6. The van der Waals surface area contributed by atoms with E-state index >= 15 is 0 Å². The number of halogens is 1. The molecule has 1 N–H and O–H groups in total. The third kappa shape index (κ3) is 2.64. The number of urea groups is 1. The van der Waals surface area contributed by atoms with E-state index in [9.17, 15) is 4.79 Å². The van der Waals surface area contributed by atoms with E-state index in [4.69, 9.17) is 11.6 Å². The second kappa shape index (κ2) is 6.43. The molecule has 1 aliphatic heterocycles. The maximum atomic E-state index is 13.6. The van der Waals surface area contributed by atoms with Crippen LogP contribution in [0.3, 0.4) is 0 Å². The topological polar surface area (TPSA) is 58.1 Å². The molecule has 5 nitrogen and oxygen atoms in total.